The molecule has 0 spiro atoms. The van der Waals surface area contributed by atoms with Crippen LogP contribution in [0.1, 0.15) is 11.1 Å². The lowest BCUT2D eigenvalue weighted by molar-refractivity contribution is 0.204. The molecule has 102 valence electrons. The van der Waals surface area contributed by atoms with E-state index in [1.54, 1.807) is 24.3 Å². The Morgan fingerprint density at radius 3 is 2.67 bits per heavy atom. The summed E-state index contributed by atoms with van der Waals surface area (Å²) in [6.45, 7) is 0.659. The average molecular weight is 274 g/mol. The quantitative estimate of drug-likeness (QED) is 0.570. The lowest BCUT2D eigenvalue weighted by atomic mass is 10.1. The topological polar surface area (TPSA) is 87.7 Å². The number of methoxy groups -OCH3 is 1. The zero-order valence-electron chi connectivity index (χ0n) is 10.2. The highest BCUT2D eigenvalue weighted by atomic mass is 32.2. The molecular weight excluding hydrogens is 256 g/mol. The Kier molecular flexibility index (Phi) is 6.23. The molecule has 18 heavy (non-hydrogen) atoms. The maximum absolute atomic E-state index is 11.5. The van der Waals surface area contributed by atoms with Gasteiger partial charge < -0.3 is 9.84 Å². The summed E-state index contributed by atoms with van der Waals surface area (Å²) in [6.07, 6.45) is 0. The van der Waals surface area contributed by atoms with E-state index in [9.17, 15) is 8.42 Å². The Morgan fingerprint density at radius 1 is 1.28 bits per heavy atom. The Balaban J connectivity index is 2.48. The lowest BCUT2D eigenvalue weighted by Gasteiger charge is -2.08. The van der Waals surface area contributed by atoms with Crippen molar-refractivity contribution >= 4 is 10.2 Å². The molecule has 0 radical (unpaired) electrons. The predicted octanol–water partition coefficient (Wildman–Crippen LogP) is -0.251. The summed E-state index contributed by atoms with van der Waals surface area (Å²) < 4.78 is 32.5. The smallest absolute Gasteiger partial charge is 0.277 e. The maximum atomic E-state index is 11.5. The maximum Gasteiger partial charge on any atom is 0.277 e. The first-order valence-corrected chi connectivity index (χ1v) is 6.97. The van der Waals surface area contributed by atoms with Crippen molar-refractivity contribution in [2.24, 2.45) is 0 Å². The third-order valence-corrected chi connectivity index (χ3v) is 3.35. The van der Waals surface area contributed by atoms with Crippen molar-refractivity contribution in [3.8, 4) is 0 Å². The van der Waals surface area contributed by atoms with Gasteiger partial charge in [0.1, 0.15) is 0 Å². The van der Waals surface area contributed by atoms with Gasteiger partial charge in [0, 0.05) is 20.2 Å². The van der Waals surface area contributed by atoms with E-state index in [1.165, 1.54) is 7.11 Å². The van der Waals surface area contributed by atoms with Gasteiger partial charge in [-0.15, -0.1) is 0 Å². The van der Waals surface area contributed by atoms with Crippen LogP contribution in [-0.2, 0) is 28.1 Å². The van der Waals surface area contributed by atoms with Crippen LogP contribution < -0.4 is 9.44 Å². The molecule has 0 unspecified atom stereocenters. The van der Waals surface area contributed by atoms with Crippen LogP contribution in [0.25, 0.3) is 0 Å². The van der Waals surface area contributed by atoms with Gasteiger partial charge in [-0.1, -0.05) is 24.3 Å². The molecule has 0 aliphatic carbocycles. The van der Waals surface area contributed by atoms with E-state index >= 15 is 0 Å². The first-order chi connectivity index (χ1) is 8.57. The number of aliphatic hydroxyl groups is 1. The Morgan fingerprint density at radius 2 is 2.00 bits per heavy atom. The summed E-state index contributed by atoms with van der Waals surface area (Å²) in [7, 11) is -2.01. The summed E-state index contributed by atoms with van der Waals surface area (Å²) in [5, 5.41) is 8.97. The van der Waals surface area contributed by atoms with E-state index < -0.39 is 10.2 Å². The molecule has 1 aromatic rings. The monoisotopic (exact) mass is 274 g/mol. The normalized spacial score (nSPS) is 11.7. The molecule has 0 atom stereocenters. The van der Waals surface area contributed by atoms with E-state index in [2.05, 4.69) is 9.44 Å². The van der Waals surface area contributed by atoms with Crippen LogP contribution in [-0.4, -0.2) is 33.8 Å². The largest absolute Gasteiger partial charge is 0.392 e. The minimum atomic E-state index is -3.51. The summed E-state index contributed by atoms with van der Waals surface area (Å²) in [5.41, 5.74) is 1.54. The van der Waals surface area contributed by atoms with Crippen molar-refractivity contribution in [3.63, 3.8) is 0 Å². The second-order valence-electron chi connectivity index (χ2n) is 3.69. The number of hydrogen-bond acceptors (Lipinski definition) is 4. The number of hydrogen-bond donors (Lipinski definition) is 3. The van der Waals surface area contributed by atoms with Crippen LogP contribution >= 0.6 is 0 Å². The number of ether oxygens (including phenoxy) is 1. The third-order valence-electron chi connectivity index (χ3n) is 2.24. The molecule has 6 nitrogen and oxygen atoms in total. The van der Waals surface area contributed by atoms with Gasteiger partial charge >= 0.3 is 0 Å². The summed E-state index contributed by atoms with van der Waals surface area (Å²) in [4.78, 5) is 0. The van der Waals surface area contributed by atoms with Gasteiger partial charge in [-0.3, -0.25) is 0 Å². The zero-order chi connectivity index (χ0) is 13.4. The van der Waals surface area contributed by atoms with Gasteiger partial charge in [0.05, 0.1) is 13.2 Å². The molecule has 0 aliphatic heterocycles. The molecule has 0 fully saturated rings. The molecular formula is C11H18N2O4S. The fourth-order valence-corrected chi connectivity index (χ4v) is 2.16. The molecule has 3 N–H and O–H groups in total. The second-order valence-corrected chi connectivity index (χ2v) is 5.27. The van der Waals surface area contributed by atoms with Crippen LogP contribution in [0.2, 0.25) is 0 Å². The van der Waals surface area contributed by atoms with Crippen LogP contribution in [0.4, 0.5) is 0 Å². The number of rotatable bonds is 8. The van der Waals surface area contributed by atoms with E-state index in [0.717, 1.165) is 11.1 Å². The van der Waals surface area contributed by atoms with Crippen molar-refractivity contribution in [1.29, 1.82) is 0 Å². The Hall–Kier alpha value is -0.990. The number of aliphatic hydroxyl groups excluding tert-OH is 1. The van der Waals surface area contributed by atoms with Crippen LogP contribution in [0, 0.1) is 0 Å². The molecule has 0 saturated heterocycles. The summed E-state index contributed by atoms with van der Waals surface area (Å²) in [5.74, 6) is 0. The van der Waals surface area contributed by atoms with E-state index in [4.69, 9.17) is 9.84 Å². The lowest BCUT2D eigenvalue weighted by Crippen LogP contribution is -2.37. The van der Waals surface area contributed by atoms with Gasteiger partial charge in [0.2, 0.25) is 0 Å². The molecule has 0 bridgehead atoms. The molecule has 0 heterocycles. The third kappa shape index (κ3) is 5.56. The average Bonchev–Trinajstić information content (AvgIpc) is 2.37. The molecule has 1 aromatic carbocycles. The van der Waals surface area contributed by atoms with Crippen molar-refractivity contribution in [3.05, 3.63) is 35.4 Å². The minimum Gasteiger partial charge on any atom is -0.392 e. The molecule has 0 amide bonds. The Bertz CT molecular complexity index is 462. The summed E-state index contributed by atoms with van der Waals surface area (Å²) in [6, 6.07) is 7.08. The first-order valence-electron chi connectivity index (χ1n) is 5.49. The molecule has 0 saturated carbocycles. The van der Waals surface area contributed by atoms with Gasteiger partial charge in [-0.05, 0) is 11.1 Å². The molecule has 0 aromatic heterocycles. The summed E-state index contributed by atoms with van der Waals surface area (Å²) >= 11 is 0. The standard InChI is InChI=1S/C11H18N2O4S/c1-17-6-5-12-18(15,16)13-8-10-3-2-4-11(7-10)9-14/h2-4,7,12-14H,5-6,8-9H2,1H3. The van der Waals surface area contributed by atoms with Gasteiger partial charge in [-0.25, -0.2) is 0 Å². The zero-order valence-corrected chi connectivity index (χ0v) is 11.0. The fraction of sp³-hybridized carbons (Fsp3) is 0.455. The fourth-order valence-electron chi connectivity index (χ4n) is 1.35. The van der Waals surface area contributed by atoms with E-state index in [1.807, 2.05) is 0 Å². The van der Waals surface area contributed by atoms with Crippen LogP contribution in [0.3, 0.4) is 0 Å². The van der Waals surface area contributed by atoms with Gasteiger partial charge in [-0.2, -0.15) is 17.9 Å². The van der Waals surface area contributed by atoms with Crippen molar-refractivity contribution in [1.82, 2.24) is 9.44 Å². The van der Waals surface area contributed by atoms with Gasteiger partial charge in [0.25, 0.3) is 10.2 Å². The van der Waals surface area contributed by atoms with Crippen molar-refractivity contribution < 1.29 is 18.3 Å². The molecule has 0 aliphatic rings. The highest BCUT2D eigenvalue weighted by Gasteiger charge is 2.08. The first kappa shape index (κ1) is 15.1. The number of nitrogens with one attached hydrogen (secondary N) is 2. The molecule has 7 heteroatoms. The highest BCUT2D eigenvalue weighted by molar-refractivity contribution is 7.87. The Labute approximate surface area is 107 Å². The highest BCUT2D eigenvalue weighted by Crippen LogP contribution is 2.05. The number of benzene rings is 1. The molecule has 1 rings (SSSR count). The van der Waals surface area contributed by atoms with Gasteiger partial charge in [0.15, 0.2) is 0 Å². The van der Waals surface area contributed by atoms with E-state index in [-0.39, 0.29) is 19.7 Å². The van der Waals surface area contributed by atoms with Crippen LogP contribution in [0.15, 0.2) is 24.3 Å². The second kappa shape index (κ2) is 7.45. The minimum absolute atomic E-state index is 0.0628. The predicted molar refractivity (Wildman–Crippen MR) is 68.0 cm³/mol. The van der Waals surface area contributed by atoms with E-state index in [0.29, 0.717) is 6.61 Å². The van der Waals surface area contributed by atoms with Crippen LogP contribution in [0.5, 0.6) is 0 Å². The SMILES string of the molecule is COCCNS(=O)(=O)NCc1cccc(CO)c1. The van der Waals surface area contributed by atoms with Crippen molar-refractivity contribution in [2.75, 3.05) is 20.3 Å². The van der Waals surface area contributed by atoms with Crippen molar-refractivity contribution in [2.45, 2.75) is 13.2 Å².